The van der Waals surface area contributed by atoms with Gasteiger partial charge in [0.2, 0.25) is 0 Å². The average Bonchev–Trinajstić information content (AvgIpc) is 2.83. The molecular formula is C14H8N2O. The Morgan fingerprint density at radius 2 is 1.82 bits per heavy atom. The second-order valence-corrected chi connectivity index (χ2v) is 4.05. The second-order valence-electron chi connectivity index (χ2n) is 4.05. The molecule has 0 N–H and O–H groups in total. The number of benzene rings is 2. The molecule has 0 unspecified atom stereocenters. The number of aromatic nitrogens is 2. The average molecular weight is 220 g/mol. The SMILES string of the molecule is c1ccc2c(c1)ccc1cc3nncc-3oc12. The molecule has 0 saturated carbocycles. The molecule has 0 aliphatic carbocycles. The van der Waals surface area contributed by atoms with Crippen molar-refractivity contribution in [2.24, 2.45) is 0 Å². The summed E-state index contributed by atoms with van der Waals surface area (Å²) in [5.41, 5.74) is 1.69. The van der Waals surface area contributed by atoms with Gasteiger partial charge < -0.3 is 4.42 Å². The zero-order chi connectivity index (χ0) is 11.2. The van der Waals surface area contributed by atoms with E-state index in [0.29, 0.717) is 0 Å². The van der Waals surface area contributed by atoms with Crippen LogP contribution in [0, 0.1) is 0 Å². The Labute approximate surface area is 97.0 Å². The molecule has 0 bridgehead atoms. The smallest absolute Gasteiger partial charge is 0.175 e. The van der Waals surface area contributed by atoms with E-state index in [0.717, 1.165) is 27.8 Å². The summed E-state index contributed by atoms with van der Waals surface area (Å²) < 4.78 is 5.87. The van der Waals surface area contributed by atoms with Gasteiger partial charge in [-0.25, -0.2) is 0 Å². The first-order valence-corrected chi connectivity index (χ1v) is 5.44. The first kappa shape index (κ1) is 8.70. The van der Waals surface area contributed by atoms with Gasteiger partial charge in [0.1, 0.15) is 11.3 Å². The molecule has 4 rings (SSSR count). The lowest BCUT2D eigenvalue weighted by Crippen LogP contribution is -1.81. The first-order valence-electron chi connectivity index (χ1n) is 5.44. The maximum absolute atomic E-state index is 5.87. The van der Waals surface area contributed by atoms with Crippen LogP contribution in [-0.4, -0.2) is 10.2 Å². The lowest BCUT2D eigenvalue weighted by Gasteiger charge is -2.04. The Morgan fingerprint density at radius 3 is 2.82 bits per heavy atom. The third-order valence-corrected chi connectivity index (χ3v) is 3.01. The van der Waals surface area contributed by atoms with Gasteiger partial charge in [0.05, 0.1) is 6.20 Å². The van der Waals surface area contributed by atoms with Gasteiger partial charge in [-0.15, -0.1) is 5.10 Å². The summed E-state index contributed by atoms with van der Waals surface area (Å²) in [4.78, 5) is 0. The van der Waals surface area contributed by atoms with E-state index in [1.54, 1.807) is 6.20 Å². The van der Waals surface area contributed by atoms with E-state index in [9.17, 15) is 0 Å². The van der Waals surface area contributed by atoms with Crippen LogP contribution in [0.2, 0.25) is 0 Å². The maximum atomic E-state index is 5.87. The van der Waals surface area contributed by atoms with Crippen molar-refractivity contribution in [1.29, 1.82) is 0 Å². The van der Waals surface area contributed by atoms with Crippen molar-refractivity contribution in [3.8, 4) is 11.5 Å². The molecular weight excluding hydrogens is 212 g/mol. The summed E-state index contributed by atoms with van der Waals surface area (Å²) in [6.07, 6.45) is 1.65. The van der Waals surface area contributed by atoms with Crippen LogP contribution in [0.1, 0.15) is 0 Å². The molecule has 0 fully saturated rings. The molecule has 2 aliphatic heterocycles. The summed E-state index contributed by atoms with van der Waals surface area (Å²) >= 11 is 0. The number of fused-ring (bicyclic) bond motifs is 4. The third kappa shape index (κ3) is 1.16. The lowest BCUT2D eigenvalue weighted by atomic mass is 10.1. The Balaban J connectivity index is 2.29. The van der Waals surface area contributed by atoms with Gasteiger partial charge in [0.15, 0.2) is 5.76 Å². The van der Waals surface area contributed by atoms with Crippen LogP contribution in [-0.2, 0) is 0 Å². The quantitative estimate of drug-likeness (QED) is 0.426. The summed E-state index contributed by atoms with van der Waals surface area (Å²) in [6.45, 7) is 0. The molecule has 2 aromatic rings. The van der Waals surface area contributed by atoms with Crippen molar-refractivity contribution in [3.05, 3.63) is 48.7 Å². The van der Waals surface area contributed by atoms with Crippen LogP contribution in [0.15, 0.2) is 53.1 Å². The highest BCUT2D eigenvalue weighted by Crippen LogP contribution is 2.31. The van der Waals surface area contributed by atoms with E-state index in [1.165, 1.54) is 5.39 Å². The largest absolute Gasteiger partial charge is 0.452 e. The van der Waals surface area contributed by atoms with Gasteiger partial charge in [-0.3, -0.25) is 0 Å². The molecule has 0 radical (unpaired) electrons. The minimum atomic E-state index is 0.730. The third-order valence-electron chi connectivity index (χ3n) is 3.01. The van der Waals surface area contributed by atoms with Crippen LogP contribution in [0.4, 0.5) is 0 Å². The molecule has 0 saturated heterocycles. The number of hydrogen-bond donors (Lipinski definition) is 0. The van der Waals surface area contributed by atoms with E-state index < -0.39 is 0 Å². The zero-order valence-electron chi connectivity index (χ0n) is 8.92. The van der Waals surface area contributed by atoms with Crippen molar-refractivity contribution < 1.29 is 4.42 Å². The van der Waals surface area contributed by atoms with Crippen LogP contribution >= 0.6 is 0 Å². The number of hydrogen-bond acceptors (Lipinski definition) is 3. The van der Waals surface area contributed by atoms with Crippen LogP contribution in [0.3, 0.4) is 0 Å². The second kappa shape index (κ2) is 3.04. The van der Waals surface area contributed by atoms with Gasteiger partial charge in [-0.1, -0.05) is 36.4 Å². The Kier molecular flexibility index (Phi) is 1.56. The highest BCUT2D eigenvalue weighted by atomic mass is 16.3. The van der Waals surface area contributed by atoms with Gasteiger partial charge >= 0.3 is 0 Å². The predicted molar refractivity (Wildman–Crippen MR) is 65.9 cm³/mol. The zero-order valence-corrected chi connectivity index (χ0v) is 8.92. The number of nitrogens with zero attached hydrogens (tertiary/aromatic N) is 2. The lowest BCUT2D eigenvalue weighted by molar-refractivity contribution is 0.623. The summed E-state index contributed by atoms with van der Waals surface area (Å²) in [5, 5.41) is 11.2. The molecule has 3 heteroatoms. The standard InChI is InChI=1S/C14H8N2O/c1-2-4-11-9(3-1)5-6-10-7-12-13(8-15-16-12)17-14(10)11/h1-8H. The molecule has 0 atom stereocenters. The van der Waals surface area contributed by atoms with E-state index in [-0.39, 0.29) is 0 Å². The minimum Gasteiger partial charge on any atom is -0.452 e. The van der Waals surface area contributed by atoms with Crippen LogP contribution < -0.4 is 0 Å². The summed E-state index contributed by atoms with van der Waals surface area (Å²) in [7, 11) is 0. The minimum absolute atomic E-state index is 0.730. The predicted octanol–water partition coefficient (Wildman–Crippen LogP) is 3.48. The fraction of sp³-hybridized carbons (Fsp3) is 0. The van der Waals surface area contributed by atoms with Crippen molar-refractivity contribution in [2.75, 3.05) is 0 Å². The summed E-state index contributed by atoms with van der Waals surface area (Å²) in [5.74, 6) is 0.730. The normalized spacial score (nSPS) is 11.5. The molecule has 0 amide bonds. The van der Waals surface area contributed by atoms with Crippen molar-refractivity contribution >= 4 is 21.7 Å². The Bertz CT molecular complexity index is 804. The summed E-state index contributed by atoms with van der Waals surface area (Å²) in [6, 6.07) is 14.3. The van der Waals surface area contributed by atoms with Crippen LogP contribution in [0.5, 0.6) is 0 Å². The molecule has 0 aromatic heterocycles. The molecule has 80 valence electrons. The van der Waals surface area contributed by atoms with Crippen LogP contribution in [0.25, 0.3) is 33.2 Å². The molecule has 17 heavy (non-hydrogen) atoms. The van der Waals surface area contributed by atoms with Crippen molar-refractivity contribution in [3.63, 3.8) is 0 Å². The molecule has 2 aromatic carbocycles. The van der Waals surface area contributed by atoms with E-state index in [2.05, 4.69) is 34.5 Å². The fourth-order valence-corrected chi connectivity index (χ4v) is 2.18. The highest BCUT2D eigenvalue weighted by Gasteiger charge is 2.11. The molecule has 2 aliphatic rings. The first-order chi connectivity index (χ1) is 8.42. The Hall–Kier alpha value is -2.42. The van der Waals surface area contributed by atoms with Gasteiger partial charge in [0.25, 0.3) is 0 Å². The van der Waals surface area contributed by atoms with Crippen molar-refractivity contribution in [1.82, 2.24) is 10.2 Å². The monoisotopic (exact) mass is 220 g/mol. The molecule has 3 nitrogen and oxygen atoms in total. The van der Waals surface area contributed by atoms with E-state index in [1.807, 2.05) is 18.2 Å². The number of rotatable bonds is 0. The van der Waals surface area contributed by atoms with Gasteiger partial charge in [-0.05, 0) is 11.5 Å². The Morgan fingerprint density at radius 1 is 0.941 bits per heavy atom. The van der Waals surface area contributed by atoms with E-state index >= 15 is 0 Å². The maximum Gasteiger partial charge on any atom is 0.175 e. The van der Waals surface area contributed by atoms with Gasteiger partial charge in [-0.2, -0.15) is 5.10 Å². The topological polar surface area (TPSA) is 38.9 Å². The fourth-order valence-electron chi connectivity index (χ4n) is 2.18. The highest BCUT2D eigenvalue weighted by molar-refractivity contribution is 6.04. The van der Waals surface area contributed by atoms with Gasteiger partial charge in [0, 0.05) is 10.8 Å². The van der Waals surface area contributed by atoms with E-state index in [4.69, 9.17) is 4.42 Å². The van der Waals surface area contributed by atoms with Crippen molar-refractivity contribution in [2.45, 2.75) is 0 Å². The molecule has 2 heterocycles. The molecule has 0 spiro atoms.